The molecular weight excluding hydrogens is 332 g/mol. The molecule has 6 heteroatoms. The van der Waals surface area contributed by atoms with Gasteiger partial charge >= 0.3 is 0 Å². The van der Waals surface area contributed by atoms with Gasteiger partial charge in [-0.15, -0.1) is 0 Å². The minimum absolute atomic E-state index is 0.0708. The van der Waals surface area contributed by atoms with Gasteiger partial charge in [0.25, 0.3) is 0 Å². The highest BCUT2D eigenvalue weighted by atomic mass is 16.7. The molecule has 0 radical (unpaired) electrons. The molecule has 1 heterocycles. The molecule has 136 valence electrons. The van der Waals surface area contributed by atoms with Crippen molar-refractivity contribution < 1.29 is 19.1 Å². The topological polar surface area (TPSA) is 76.7 Å². The molecule has 0 bridgehead atoms. The summed E-state index contributed by atoms with van der Waals surface area (Å²) in [6, 6.07) is 15.4. The molecule has 0 atom stereocenters. The fourth-order valence-electron chi connectivity index (χ4n) is 2.64. The molecule has 1 aliphatic rings. The van der Waals surface area contributed by atoms with E-state index in [0.717, 1.165) is 22.6 Å². The van der Waals surface area contributed by atoms with Crippen LogP contribution in [-0.2, 0) is 22.6 Å². The van der Waals surface area contributed by atoms with Gasteiger partial charge in [0, 0.05) is 25.9 Å². The fourth-order valence-corrected chi connectivity index (χ4v) is 2.64. The molecule has 2 amide bonds. The van der Waals surface area contributed by atoms with Crippen LogP contribution in [0.2, 0.25) is 0 Å². The first-order chi connectivity index (χ1) is 12.7. The Morgan fingerprint density at radius 2 is 1.62 bits per heavy atom. The van der Waals surface area contributed by atoms with Crippen LogP contribution in [0.3, 0.4) is 0 Å². The standard InChI is InChI=1S/C20H22N2O4/c23-19(9-7-15-6-8-17-18(12-15)26-14-25-17)21-11-10-20(24)22-13-16-4-2-1-3-5-16/h1-6,8,12H,7,9-11,13-14H2,(H,21,23)(H,22,24). The average Bonchev–Trinajstić information content (AvgIpc) is 3.13. The highest BCUT2D eigenvalue weighted by molar-refractivity contribution is 5.79. The van der Waals surface area contributed by atoms with Crippen molar-refractivity contribution in [1.82, 2.24) is 10.6 Å². The highest BCUT2D eigenvalue weighted by Crippen LogP contribution is 2.32. The third kappa shape index (κ3) is 5.24. The average molecular weight is 354 g/mol. The molecule has 0 saturated heterocycles. The van der Waals surface area contributed by atoms with Gasteiger partial charge < -0.3 is 20.1 Å². The third-order valence-electron chi connectivity index (χ3n) is 4.08. The van der Waals surface area contributed by atoms with Gasteiger partial charge in [-0.05, 0) is 29.7 Å². The summed E-state index contributed by atoms with van der Waals surface area (Å²) in [6.07, 6.45) is 1.25. The number of benzene rings is 2. The highest BCUT2D eigenvalue weighted by Gasteiger charge is 2.13. The molecule has 0 fully saturated rings. The molecule has 3 rings (SSSR count). The van der Waals surface area contributed by atoms with Gasteiger partial charge in [0.05, 0.1) is 0 Å². The Labute approximate surface area is 152 Å². The maximum Gasteiger partial charge on any atom is 0.231 e. The summed E-state index contributed by atoms with van der Waals surface area (Å²) in [5, 5.41) is 5.62. The lowest BCUT2D eigenvalue weighted by molar-refractivity contribution is -0.122. The normalized spacial score (nSPS) is 11.8. The molecule has 0 aromatic heterocycles. The van der Waals surface area contributed by atoms with E-state index in [9.17, 15) is 9.59 Å². The van der Waals surface area contributed by atoms with Gasteiger partial charge in [-0.3, -0.25) is 9.59 Å². The van der Waals surface area contributed by atoms with E-state index in [0.29, 0.717) is 25.9 Å². The first-order valence-electron chi connectivity index (χ1n) is 8.66. The molecule has 2 aromatic rings. The van der Waals surface area contributed by atoms with Crippen molar-refractivity contribution in [2.75, 3.05) is 13.3 Å². The van der Waals surface area contributed by atoms with Crippen molar-refractivity contribution in [1.29, 1.82) is 0 Å². The Kier molecular flexibility index (Phi) is 6.09. The Hall–Kier alpha value is -3.02. The van der Waals surface area contributed by atoms with E-state index in [2.05, 4.69) is 10.6 Å². The summed E-state index contributed by atoms with van der Waals surface area (Å²) in [6.45, 7) is 1.07. The maximum absolute atomic E-state index is 11.9. The molecule has 0 saturated carbocycles. The van der Waals surface area contributed by atoms with Crippen molar-refractivity contribution in [2.45, 2.75) is 25.8 Å². The SMILES string of the molecule is O=C(CCc1ccc2c(c1)OCO2)NCCC(=O)NCc1ccccc1. The van der Waals surface area contributed by atoms with E-state index in [4.69, 9.17) is 9.47 Å². The van der Waals surface area contributed by atoms with Crippen molar-refractivity contribution in [3.05, 3.63) is 59.7 Å². The van der Waals surface area contributed by atoms with Gasteiger partial charge in [0.2, 0.25) is 18.6 Å². The molecule has 1 aliphatic heterocycles. The maximum atomic E-state index is 11.9. The Morgan fingerprint density at radius 3 is 2.46 bits per heavy atom. The molecule has 2 N–H and O–H groups in total. The Morgan fingerprint density at radius 1 is 0.846 bits per heavy atom. The zero-order valence-corrected chi connectivity index (χ0v) is 14.5. The van der Waals surface area contributed by atoms with Gasteiger partial charge in [0.1, 0.15) is 0 Å². The number of amides is 2. The van der Waals surface area contributed by atoms with Crippen LogP contribution < -0.4 is 20.1 Å². The number of nitrogens with one attached hydrogen (secondary N) is 2. The van der Waals surface area contributed by atoms with Crippen LogP contribution in [0.1, 0.15) is 24.0 Å². The van der Waals surface area contributed by atoms with Gasteiger partial charge in [-0.2, -0.15) is 0 Å². The van der Waals surface area contributed by atoms with E-state index in [1.165, 1.54) is 0 Å². The third-order valence-corrected chi connectivity index (χ3v) is 4.08. The zero-order valence-electron chi connectivity index (χ0n) is 14.5. The Bertz CT molecular complexity index is 762. The van der Waals surface area contributed by atoms with Crippen LogP contribution >= 0.6 is 0 Å². The van der Waals surface area contributed by atoms with Crippen molar-refractivity contribution >= 4 is 11.8 Å². The second kappa shape index (κ2) is 8.89. The van der Waals surface area contributed by atoms with Crippen molar-refractivity contribution in [3.8, 4) is 11.5 Å². The van der Waals surface area contributed by atoms with Gasteiger partial charge in [0.15, 0.2) is 11.5 Å². The molecule has 6 nitrogen and oxygen atoms in total. The van der Waals surface area contributed by atoms with E-state index in [1.54, 1.807) is 0 Å². The number of ether oxygens (including phenoxy) is 2. The van der Waals surface area contributed by atoms with E-state index in [1.807, 2.05) is 48.5 Å². The summed E-state index contributed by atoms with van der Waals surface area (Å²) in [5.41, 5.74) is 2.07. The number of carbonyl (C=O) groups is 2. The summed E-state index contributed by atoms with van der Waals surface area (Å²) >= 11 is 0. The van der Waals surface area contributed by atoms with E-state index >= 15 is 0 Å². The van der Waals surface area contributed by atoms with Crippen LogP contribution in [0.25, 0.3) is 0 Å². The number of aryl methyl sites for hydroxylation is 1. The first kappa shape index (κ1) is 17.8. The van der Waals surface area contributed by atoms with Crippen LogP contribution in [0.15, 0.2) is 48.5 Å². The lowest BCUT2D eigenvalue weighted by Crippen LogP contribution is -2.30. The predicted molar refractivity (Wildman–Crippen MR) is 96.8 cm³/mol. The van der Waals surface area contributed by atoms with Gasteiger partial charge in [-0.25, -0.2) is 0 Å². The summed E-state index contributed by atoms with van der Waals surface area (Å²) in [5.74, 6) is 1.31. The summed E-state index contributed by atoms with van der Waals surface area (Å²) < 4.78 is 10.6. The molecule has 0 aliphatic carbocycles. The lowest BCUT2D eigenvalue weighted by atomic mass is 10.1. The smallest absolute Gasteiger partial charge is 0.231 e. The fraction of sp³-hybridized carbons (Fsp3) is 0.300. The van der Waals surface area contributed by atoms with Crippen LogP contribution in [0, 0.1) is 0 Å². The minimum Gasteiger partial charge on any atom is -0.454 e. The number of hydrogen-bond acceptors (Lipinski definition) is 4. The second-order valence-corrected chi connectivity index (χ2v) is 6.05. The summed E-state index contributed by atoms with van der Waals surface area (Å²) in [4.78, 5) is 23.7. The quantitative estimate of drug-likeness (QED) is 0.762. The van der Waals surface area contributed by atoms with Gasteiger partial charge in [-0.1, -0.05) is 36.4 Å². The second-order valence-electron chi connectivity index (χ2n) is 6.05. The van der Waals surface area contributed by atoms with Crippen LogP contribution in [-0.4, -0.2) is 25.2 Å². The van der Waals surface area contributed by atoms with Crippen molar-refractivity contribution in [2.24, 2.45) is 0 Å². The number of carbonyl (C=O) groups excluding carboxylic acids is 2. The largest absolute Gasteiger partial charge is 0.454 e. The monoisotopic (exact) mass is 354 g/mol. The van der Waals surface area contributed by atoms with Crippen LogP contribution in [0.4, 0.5) is 0 Å². The minimum atomic E-state index is -0.0788. The molecule has 2 aromatic carbocycles. The molecular formula is C20H22N2O4. The molecule has 26 heavy (non-hydrogen) atoms. The van der Waals surface area contributed by atoms with Crippen molar-refractivity contribution in [3.63, 3.8) is 0 Å². The summed E-state index contributed by atoms with van der Waals surface area (Å²) in [7, 11) is 0. The number of fused-ring (bicyclic) bond motifs is 1. The molecule has 0 spiro atoms. The lowest BCUT2D eigenvalue weighted by Gasteiger charge is -2.07. The first-order valence-corrected chi connectivity index (χ1v) is 8.66. The Balaban J connectivity index is 1.31. The predicted octanol–water partition coefficient (Wildman–Crippen LogP) is 2.17. The van der Waals surface area contributed by atoms with E-state index < -0.39 is 0 Å². The van der Waals surface area contributed by atoms with E-state index in [-0.39, 0.29) is 25.0 Å². The molecule has 0 unspecified atom stereocenters. The van der Waals surface area contributed by atoms with Crippen LogP contribution in [0.5, 0.6) is 11.5 Å². The number of rotatable bonds is 8. The zero-order chi connectivity index (χ0) is 18.2. The number of hydrogen-bond donors (Lipinski definition) is 2.